The van der Waals surface area contributed by atoms with E-state index in [1.54, 1.807) is 0 Å². The molecule has 0 saturated carbocycles. The zero-order chi connectivity index (χ0) is 28.5. The van der Waals surface area contributed by atoms with Gasteiger partial charge in [-0.05, 0) is 58.0 Å². The molecule has 3 aromatic rings. The fourth-order valence-corrected chi connectivity index (χ4v) is 12.0. The summed E-state index contributed by atoms with van der Waals surface area (Å²) in [5.74, 6) is 0. The van der Waals surface area contributed by atoms with Gasteiger partial charge < -0.3 is 0 Å². The van der Waals surface area contributed by atoms with Crippen LogP contribution in [0.5, 0.6) is 0 Å². The molecule has 3 aromatic carbocycles. The first-order valence-corrected chi connectivity index (χ1v) is 19.2. The Bertz CT molecular complexity index is 1000. The van der Waals surface area contributed by atoms with Gasteiger partial charge in [0.15, 0.2) is 0 Å². The van der Waals surface area contributed by atoms with Crippen LogP contribution >= 0.6 is 34.8 Å². The average molecular weight is 616 g/mol. The van der Waals surface area contributed by atoms with E-state index in [2.05, 4.69) is 61.5 Å². The minimum absolute atomic E-state index is 0.783. The monoisotopic (exact) mass is 614 g/mol. The third-order valence-corrected chi connectivity index (χ3v) is 14.1. The van der Waals surface area contributed by atoms with Crippen molar-refractivity contribution in [1.82, 2.24) is 0 Å². The van der Waals surface area contributed by atoms with Gasteiger partial charge in [-0.2, -0.15) is 0 Å². The molecule has 4 heteroatoms. The van der Waals surface area contributed by atoms with Crippen molar-refractivity contribution >= 4 is 58.4 Å². The third-order valence-electron chi connectivity index (χ3n) is 8.36. The van der Waals surface area contributed by atoms with E-state index in [0.29, 0.717) is 0 Å². The van der Waals surface area contributed by atoms with Gasteiger partial charge in [0.2, 0.25) is 0 Å². The van der Waals surface area contributed by atoms with Gasteiger partial charge in [-0.3, -0.25) is 0 Å². The summed E-state index contributed by atoms with van der Waals surface area (Å²) in [5, 5.41) is 6.32. The van der Waals surface area contributed by atoms with Crippen molar-refractivity contribution in [2.24, 2.45) is 0 Å². The molecule has 0 aliphatic rings. The van der Waals surface area contributed by atoms with Crippen molar-refractivity contribution in [3.05, 3.63) is 87.9 Å². The second-order valence-corrected chi connectivity index (χ2v) is 16.8. The van der Waals surface area contributed by atoms with Crippen molar-refractivity contribution in [1.29, 1.82) is 0 Å². The number of unbranched alkanes of at least 4 members (excludes halogenated alkanes) is 15. The van der Waals surface area contributed by atoms with Crippen LogP contribution in [0.2, 0.25) is 21.1 Å². The molecule has 40 heavy (non-hydrogen) atoms. The van der Waals surface area contributed by atoms with Crippen molar-refractivity contribution in [3.63, 3.8) is 0 Å². The highest BCUT2D eigenvalue weighted by molar-refractivity contribution is 7.11. The maximum Gasteiger partial charge on any atom is 0.148 e. The normalized spacial score (nSPS) is 11.7. The van der Waals surface area contributed by atoms with Crippen molar-refractivity contribution in [2.45, 2.75) is 116 Å². The lowest BCUT2D eigenvalue weighted by Gasteiger charge is -2.34. The van der Waals surface area contributed by atoms with Crippen LogP contribution in [0.3, 0.4) is 0 Å². The highest BCUT2D eigenvalue weighted by Gasteiger charge is 2.39. The van der Waals surface area contributed by atoms with Crippen molar-refractivity contribution < 1.29 is 0 Å². The molecule has 0 amide bonds. The fraction of sp³-hybridized carbons (Fsp3) is 0.500. The molecule has 0 heterocycles. The number of hydrogen-bond acceptors (Lipinski definition) is 0. The molecule has 0 spiro atoms. The van der Waals surface area contributed by atoms with Gasteiger partial charge in [-0.25, -0.2) is 0 Å². The summed E-state index contributed by atoms with van der Waals surface area (Å²) in [5.41, 5.74) is 0. The summed E-state index contributed by atoms with van der Waals surface area (Å²) >= 11 is 19.7. The molecular weight excluding hydrogens is 567 g/mol. The molecule has 3 rings (SSSR count). The van der Waals surface area contributed by atoms with Crippen LogP contribution in [0.15, 0.2) is 72.8 Å². The summed E-state index contributed by atoms with van der Waals surface area (Å²) in [7, 11) is -2.38. The predicted molar refractivity (Wildman–Crippen MR) is 183 cm³/mol. The Kier molecular flexibility index (Phi) is 15.8. The van der Waals surface area contributed by atoms with E-state index in [4.69, 9.17) is 34.8 Å². The Balaban J connectivity index is 1.52. The lowest BCUT2D eigenvalue weighted by atomic mass is 10.0. The molecule has 0 nitrogen and oxygen atoms in total. The minimum Gasteiger partial charge on any atom is -0.0843 e. The van der Waals surface area contributed by atoms with Gasteiger partial charge in [-0.15, -0.1) is 0 Å². The Morgan fingerprint density at radius 2 is 0.725 bits per heavy atom. The number of benzene rings is 3. The van der Waals surface area contributed by atoms with Gasteiger partial charge in [0, 0.05) is 15.1 Å². The highest BCUT2D eigenvalue weighted by atomic mass is 35.5. The van der Waals surface area contributed by atoms with Gasteiger partial charge in [0.1, 0.15) is 8.07 Å². The van der Waals surface area contributed by atoms with E-state index in [1.165, 1.54) is 118 Å². The first-order valence-electron chi connectivity index (χ1n) is 15.8. The molecular formula is C36H49Cl3Si. The van der Waals surface area contributed by atoms with Gasteiger partial charge in [0.25, 0.3) is 0 Å². The molecule has 0 saturated heterocycles. The quantitative estimate of drug-likeness (QED) is 0.0673. The molecule has 0 bridgehead atoms. The van der Waals surface area contributed by atoms with Crippen LogP contribution in [-0.4, -0.2) is 8.07 Å². The molecule has 0 aromatic heterocycles. The first-order chi connectivity index (χ1) is 19.6. The van der Waals surface area contributed by atoms with Crippen LogP contribution in [0, 0.1) is 0 Å². The zero-order valence-corrected chi connectivity index (χ0v) is 27.9. The Morgan fingerprint density at radius 3 is 1.02 bits per heavy atom. The van der Waals surface area contributed by atoms with Crippen LogP contribution in [0.4, 0.5) is 0 Å². The van der Waals surface area contributed by atoms with Crippen molar-refractivity contribution in [3.8, 4) is 0 Å². The summed E-state index contributed by atoms with van der Waals surface area (Å²) in [6, 6.07) is 26.6. The SMILES string of the molecule is CCCCCCCCCCCCCCCCCC[Si](c1cccc(Cl)c1)(c1cccc(Cl)c1)c1cccc(Cl)c1. The lowest BCUT2D eigenvalue weighted by Crippen LogP contribution is -2.67. The maximum atomic E-state index is 6.56. The second kappa shape index (κ2) is 19.0. The topological polar surface area (TPSA) is 0 Å². The second-order valence-electron chi connectivity index (χ2n) is 11.5. The van der Waals surface area contributed by atoms with Crippen LogP contribution in [0.25, 0.3) is 0 Å². The fourth-order valence-electron chi connectivity index (χ4n) is 6.13. The predicted octanol–water partition coefficient (Wildman–Crippen LogP) is 11.4. The van der Waals surface area contributed by atoms with Crippen molar-refractivity contribution in [2.75, 3.05) is 0 Å². The largest absolute Gasteiger partial charge is 0.148 e. The molecule has 0 aliphatic carbocycles. The lowest BCUT2D eigenvalue weighted by molar-refractivity contribution is 0.531. The van der Waals surface area contributed by atoms with E-state index in [1.807, 2.05) is 18.2 Å². The minimum atomic E-state index is -2.38. The van der Waals surface area contributed by atoms with Crippen LogP contribution in [0.1, 0.15) is 110 Å². The zero-order valence-electron chi connectivity index (χ0n) is 24.6. The third kappa shape index (κ3) is 10.9. The summed E-state index contributed by atoms with van der Waals surface area (Å²) in [6.45, 7) is 2.29. The van der Waals surface area contributed by atoms with Gasteiger partial charge in [-0.1, -0.05) is 181 Å². The summed E-state index contributed by atoms with van der Waals surface area (Å²) in [4.78, 5) is 0. The molecule has 0 N–H and O–H groups in total. The Hall–Kier alpha value is -1.25. The Labute approximate surface area is 260 Å². The summed E-state index contributed by atoms with van der Waals surface area (Å²) < 4.78 is 0. The number of halogens is 3. The van der Waals surface area contributed by atoms with E-state index in [9.17, 15) is 0 Å². The van der Waals surface area contributed by atoms with Crippen LogP contribution < -0.4 is 15.6 Å². The molecule has 0 radical (unpaired) electrons. The molecule has 0 unspecified atom stereocenters. The molecule has 218 valence electrons. The van der Waals surface area contributed by atoms with Gasteiger partial charge >= 0.3 is 0 Å². The standard InChI is InChI=1S/C36H49Cl3Si/c1-2-3-4-5-6-7-8-9-10-11-12-13-14-15-16-17-27-40(34-24-18-21-31(37)28-34,35-25-19-22-32(38)29-35)36-26-20-23-33(39)30-36/h18-26,28-30H,2-17,27H2,1H3. The van der Waals surface area contributed by atoms with Gasteiger partial charge in [0.05, 0.1) is 0 Å². The van der Waals surface area contributed by atoms with E-state index < -0.39 is 8.07 Å². The molecule has 0 atom stereocenters. The number of rotatable bonds is 20. The average Bonchev–Trinajstić information content (AvgIpc) is 2.95. The van der Waals surface area contributed by atoms with E-state index >= 15 is 0 Å². The molecule has 0 fully saturated rings. The summed E-state index contributed by atoms with van der Waals surface area (Å²) in [6.07, 6.45) is 22.1. The van der Waals surface area contributed by atoms with Crippen LogP contribution in [-0.2, 0) is 0 Å². The number of hydrogen-bond donors (Lipinski definition) is 0. The van der Waals surface area contributed by atoms with E-state index in [0.717, 1.165) is 21.1 Å². The smallest absolute Gasteiger partial charge is 0.0843 e. The maximum absolute atomic E-state index is 6.56. The highest BCUT2D eigenvalue weighted by Crippen LogP contribution is 2.22. The first kappa shape index (κ1) is 33.3. The van der Waals surface area contributed by atoms with E-state index in [-0.39, 0.29) is 0 Å². The molecule has 0 aliphatic heterocycles. The Morgan fingerprint density at radius 1 is 0.425 bits per heavy atom.